The third kappa shape index (κ3) is 3.70. The number of ether oxygens (including phenoxy) is 1. The van der Waals surface area contributed by atoms with Crippen LogP contribution in [0.5, 0.6) is 5.75 Å². The van der Waals surface area contributed by atoms with Crippen molar-refractivity contribution in [3.63, 3.8) is 0 Å². The van der Waals surface area contributed by atoms with Crippen molar-refractivity contribution >= 4 is 5.91 Å². The Morgan fingerprint density at radius 1 is 1.42 bits per heavy atom. The van der Waals surface area contributed by atoms with E-state index in [0.717, 1.165) is 18.7 Å². The van der Waals surface area contributed by atoms with Crippen LogP contribution in [-0.2, 0) is 4.79 Å². The van der Waals surface area contributed by atoms with E-state index >= 15 is 0 Å². The number of amides is 1. The molecule has 0 aliphatic carbocycles. The SMILES string of the molecule is CC(C)c1ccc(OCC(=O)N2CC[C@@H](N)C2)cc1. The van der Waals surface area contributed by atoms with Gasteiger partial charge in [-0.05, 0) is 30.0 Å². The Morgan fingerprint density at radius 3 is 2.63 bits per heavy atom. The number of carbonyl (C=O) groups is 1. The largest absolute Gasteiger partial charge is 0.484 e. The maximum absolute atomic E-state index is 11.9. The fourth-order valence-electron chi connectivity index (χ4n) is 2.20. The molecule has 0 aromatic heterocycles. The van der Waals surface area contributed by atoms with E-state index in [1.807, 2.05) is 24.3 Å². The lowest BCUT2D eigenvalue weighted by molar-refractivity contribution is -0.132. The van der Waals surface area contributed by atoms with Crippen molar-refractivity contribution in [2.24, 2.45) is 5.73 Å². The van der Waals surface area contributed by atoms with E-state index in [0.29, 0.717) is 12.5 Å². The van der Waals surface area contributed by atoms with Crippen molar-refractivity contribution in [1.82, 2.24) is 4.90 Å². The molecule has 1 aliphatic heterocycles. The van der Waals surface area contributed by atoms with Crippen molar-refractivity contribution in [3.05, 3.63) is 29.8 Å². The van der Waals surface area contributed by atoms with Gasteiger partial charge in [0.25, 0.3) is 5.91 Å². The molecule has 1 aromatic carbocycles. The summed E-state index contributed by atoms with van der Waals surface area (Å²) in [6.07, 6.45) is 0.884. The molecule has 1 aromatic rings. The zero-order valence-corrected chi connectivity index (χ0v) is 11.6. The second kappa shape index (κ2) is 6.06. The van der Waals surface area contributed by atoms with Crippen molar-refractivity contribution in [2.45, 2.75) is 32.2 Å². The maximum atomic E-state index is 11.9. The monoisotopic (exact) mass is 262 g/mol. The molecule has 2 N–H and O–H groups in total. The molecule has 104 valence electrons. The summed E-state index contributed by atoms with van der Waals surface area (Å²) in [5.74, 6) is 1.25. The zero-order chi connectivity index (χ0) is 13.8. The Balaban J connectivity index is 1.83. The lowest BCUT2D eigenvalue weighted by Crippen LogP contribution is -2.35. The van der Waals surface area contributed by atoms with Gasteiger partial charge in [0.1, 0.15) is 5.75 Å². The van der Waals surface area contributed by atoms with Gasteiger partial charge >= 0.3 is 0 Å². The average molecular weight is 262 g/mol. The Labute approximate surface area is 114 Å². The minimum Gasteiger partial charge on any atom is -0.484 e. The number of nitrogens with zero attached hydrogens (tertiary/aromatic N) is 1. The summed E-state index contributed by atoms with van der Waals surface area (Å²) in [7, 11) is 0. The Kier molecular flexibility index (Phi) is 4.43. The predicted molar refractivity (Wildman–Crippen MR) is 75.2 cm³/mol. The first-order chi connectivity index (χ1) is 9.06. The molecule has 0 unspecified atom stereocenters. The first-order valence-corrected chi connectivity index (χ1v) is 6.82. The maximum Gasteiger partial charge on any atom is 0.260 e. The summed E-state index contributed by atoms with van der Waals surface area (Å²) >= 11 is 0. The molecule has 0 radical (unpaired) electrons. The van der Waals surface area contributed by atoms with Crippen molar-refractivity contribution in [3.8, 4) is 5.75 Å². The van der Waals surface area contributed by atoms with Gasteiger partial charge in [-0.15, -0.1) is 0 Å². The van der Waals surface area contributed by atoms with Crippen molar-refractivity contribution in [2.75, 3.05) is 19.7 Å². The third-order valence-corrected chi connectivity index (χ3v) is 3.49. The molecule has 1 fully saturated rings. The van der Waals surface area contributed by atoms with Crippen LogP contribution in [0.15, 0.2) is 24.3 Å². The number of likely N-dealkylation sites (tertiary alicyclic amines) is 1. The molecule has 0 saturated carbocycles. The van der Waals surface area contributed by atoms with Crippen LogP contribution < -0.4 is 10.5 Å². The fourth-order valence-corrected chi connectivity index (χ4v) is 2.20. The van der Waals surface area contributed by atoms with Gasteiger partial charge in [0.05, 0.1) is 0 Å². The van der Waals surface area contributed by atoms with E-state index in [2.05, 4.69) is 13.8 Å². The van der Waals surface area contributed by atoms with Gasteiger partial charge in [-0.2, -0.15) is 0 Å². The number of carbonyl (C=O) groups excluding carboxylic acids is 1. The predicted octanol–water partition coefficient (Wildman–Crippen LogP) is 1.75. The molecule has 0 spiro atoms. The normalized spacial score (nSPS) is 18.9. The standard InChI is InChI=1S/C15H22N2O2/c1-11(2)12-3-5-14(6-4-12)19-10-15(18)17-8-7-13(16)9-17/h3-6,11,13H,7-10,16H2,1-2H3/t13-/m1/s1. The molecule has 1 heterocycles. The second-order valence-corrected chi connectivity index (χ2v) is 5.40. The number of hydrogen-bond donors (Lipinski definition) is 1. The van der Waals surface area contributed by atoms with Crippen LogP contribution in [0.2, 0.25) is 0 Å². The summed E-state index contributed by atoms with van der Waals surface area (Å²) in [6, 6.07) is 8.03. The summed E-state index contributed by atoms with van der Waals surface area (Å²) in [4.78, 5) is 13.7. The number of nitrogens with two attached hydrogens (primary N) is 1. The minimum absolute atomic E-state index is 0.0147. The van der Waals surface area contributed by atoms with Crippen LogP contribution in [0.1, 0.15) is 31.7 Å². The van der Waals surface area contributed by atoms with Crippen LogP contribution in [0.3, 0.4) is 0 Å². The Hall–Kier alpha value is -1.55. The number of benzene rings is 1. The van der Waals surface area contributed by atoms with Crippen LogP contribution >= 0.6 is 0 Å². The highest BCUT2D eigenvalue weighted by Crippen LogP contribution is 2.18. The molecular weight excluding hydrogens is 240 g/mol. The summed E-state index contributed by atoms with van der Waals surface area (Å²) < 4.78 is 5.52. The highest BCUT2D eigenvalue weighted by Gasteiger charge is 2.23. The third-order valence-electron chi connectivity index (χ3n) is 3.49. The van der Waals surface area contributed by atoms with Gasteiger partial charge in [0.2, 0.25) is 0 Å². The topological polar surface area (TPSA) is 55.6 Å². The molecule has 19 heavy (non-hydrogen) atoms. The Bertz CT molecular complexity index is 428. The molecule has 4 nitrogen and oxygen atoms in total. The quantitative estimate of drug-likeness (QED) is 0.899. The van der Waals surface area contributed by atoms with Gasteiger partial charge in [0, 0.05) is 19.1 Å². The molecule has 1 amide bonds. The van der Waals surface area contributed by atoms with Gasteiger partial charge < -0.3 is 15.4 Å². The Morgan fingerprint density at radius 2 is 2.11 bits per heavy atom. The van der Waals surface area contributed by atoms with E-state index in [1.54, 1.807) is 4.90 Å². The van der Waals surface area contributed by atoms with Gasteiger partial charge in [-0.25, -0.2) is 0 Å². The first-order valence-electron chi connectivity index (χ1n) is 6.82. The smallest absolute Gasteiger partial charge is 0.260 e. The van der Waals surface area contributed by atoms with E-state index in [9.17, 15) is 4.79 Å². The molecule has 0 bridgehead atoms. The highest BCUT2D eigenvalue weighted by atomic mass is 16.5. The van der Waals surface area contributed by atoms with Gasteiger partial charge in [-0.1, -0.05) is 26.0 Å². The average Bonchev–Trinajstić information content (AvgIpc) is 2.83. The summed E-state index contributed by atoms with van der Waals surface area (Å²) in [5.41, 5.74) is 7.05. The van der Waals surface area contributed by atoms with Crippen molar-refractivity contribution in [1.29, 1.82) is 0 Å². The zero-order valence-electron chi connectivity index (χ0n) is 11.6. The lowest BCUT2D eigenvalue weighted by Gasteiger charge is -2.16. The molecule has 4 heteroatoms. The molecular formula is C15H22N2O2. The van der Waals surface area contributed by atoms with Crippen LogP contribution in [0, 0.1) is 0 Å². The van der Waals surface area contributed by atoms with Gasteiger partial charge in [0.15, 0.2) is 6.61 Å². The van der Waals surface area contributed by atoms with Crippen LogP contribution in [-0.4, -0.2) is 36.5 Å². The molecule has 1 saturated heterocycles. The molecule has 1 atom stereocenters. The van der Waals surface area contributed by atoms with E-state index < -0.39 is 0 Å². The van der Waals surface area contributed by atoms with E-state index in [-0.39, 0.29) is 18.6 Å². The molecule has 1 aliphatic rings. The van der Waals surface area contributed by atoms with Gasteiger partial charge in [-0.3, -0.25) is 4.79 Å². The number of rotatable bonds is 4. The molecule has 2 rings (SSSR count). The highest BCUT2D eigenvalue weighted by molar-refractivity contribution is 5.78. The lowest BCUT2D eigenvalue weighted by atomic mass is 10.0. The second-order valence-electron chi connectivity index (χ2n) is 5.40. The minimum atomic E-state index is 0.0147. The summed E-state index contributed by atoms with van der Waals surface area (Å²) in [6.45, 7) is 5.78. The summed E-state index contributed by atoms with van der Waals surface area (Å²) in [5, 5.41) is 0. The first kappa shape index (κ1) is 13.9. The number of hydrogen-bond acceptors (Lipinski definition) is 3. The fraction of sp³-hybridized carbons (Fsp3) is 0.533. The van der Waals surface area contributed by atoms with E-state index in [4.69, 9.17) is 10.5 Å². The van der Waals surface area contributed by atoms with Crippen LogP contribution in [0.4, 0.5) is 0 Å². The van der Waals surface area contributed by atoms with E-state index in [1.165, 1.54) is 5.56 Å². The van der Waals surface area contributed by atoms with Crippen molar-refractivity contribution < 1.29 is 9.53 Å². The van der Waals surface area contributed by atoms with Crippen LogP contribution in [0.25, 0.3) is 0 Å².